The molecular weight excluding hydrogens is 280 g/mol. The monoisotopic (exact) mass is 302 g/mol. The zero-order valence-electron chi connectivity index (χ0n) is 13.4. The van der Waals surface area contributed by atoms with Crippen LogP contribution >= 0.6 is 0 Å². The molecule has 1 atom stereocenters. The molecule has 0 spiro atoms. The van der Waals surface area contributed by atoms with Crippen molar-refractivity contribution in [3.8, 4) is 0 Å². The van der Waals surface area contributed by atoms with Crippen LogP contribution in [0.25, 0.3) is 0 Å². The molecule has 0 unspecified atom stereocenters. The Balaban J connectivity index is 2.06. The standard InChI is InChI=1S/C15H22N6O/c1-5-8-21-10-17-19-14(21)11(2)18-15(22)12-6-7-13(16-9-12)20(3)4/h6-7,9-11H,5,8H2,1-4H3,(H,18,22)/t11-/m0/s1. The largest absolute Gasteiger partial charge is 0.363 e. The average Bonchev–Trinajstić information content (AvgIpc) is 2.96. The summed E-state index contributed by atoms with van der Waals surface area (Å²) in [6, 6.07) is 3.37. The lowest BCUT2D eigenvalue weighted by Crippen LogP contribution is -2.29. The lowest BCUT2D eigenvalue weighted by atomic mass is 10.2. The Hall–Kier alpha value is -2.44. The van der Waals surface area contributed by atoms with Gasteiger partial charge in [-0.25, -0.2) is 4.98 Å². The van der Waals surface area contributed by atoms with E-state index in [1.807, 2.05) is 36.6 Å². The van der Waals surface area contributed by atoms with Crippen molar-refractivity contribution >= 4 is 11.7 Å². The van der Waals surface area contributed by atoms with Gasteiger partial charge in [-0.3, -0.25) is 4.79 Å². The molecule has 7 nitrogen and oxygen atoms in total. The number of aromatic nitrogens is 4. The van der Waals surface area contributed by atoms with Gasteiger partial charge in [0.15, 0.2) is 5.82 Å². The molecule has 0 aliphatic rings. The number of amides is 1. The topological polar surface area (TPSA) is 75.9 Å². The number of carbonyl (C=O) groups excluding carboxylic acids is 1. The first-order chi connectivity index (χ1) is 10.5. The number of nitrogens with zero attached hydrogens (tertiary/aromatic N) is 5. The molecule has 0 saturated heterocycles. The second-order valence-corrected chi connectivity index (χ2v) is 5.38. The summed E-state index contributed by atoms with van der Waals surface area (Å²) in [4.78, 5) is 18.4. The summed E-state index contributed by atoms with van der Waals surface area (Å²) in [6.07, 6.45) is 4.25. The van der Waals surface area contributed by atoms with E-state index >= 15 is 0 Å². The zero-order chi connectivity index (χ0) is 16.1. The van der Waals surface area contributed by atoms with Crippen molar-refractivity contribution < 1.29 is 4.79 Å². The number of rotatable bonds is 6. The predicted octanol–water partition coefficient (Wildman–Crippen LogP) is 1.64. The second kappa shape index (κ2) is 7.02. The predicted molar refractivity (Wildman–Crippen MR) is 84.8 cm³/mol. The van der Waals surface area contributed by atoms with Crippen LogP contribution in [0, 0.1) is 0 Å². The Kier molecular flexibility index (Phi) is 5.08. The fourth-order valence-corrected chi connectivity index (χ4v) is 2.14. The van der Waals surface area contributed by atoms with Crippen molar-refractivity contribution in [1.29, 1.82) is 0 Å². The van der Waals surface area contributed by atoms with Gasteiger partial charge in [0, 0.05) is 26.8 Å². The summed E-state index contributed by atoms with van der Waals surface area (Å²) >= 11 is 0. The maximum absolute atomic E-state index is 12.3. The van der Waals surface area contributed by atoms with Crippen molar-refractivity contribution in [1.82, 2.24) is 25.1 Å². The van der Waals surface area contributed by atoms with Crippen LogP contribution in [0.15, 0.2) is 24.7 Å². The number of anilines is 1. The van der Waals surface area contributed by atoms with Crippen molar-refractivity contribution in [3.63, 3.8) is 0 Å². The molecule has 2 heterocycles. The molecular formula is C15H22N6O. The minimum Gasteiger partial charge on any atom is -0.363 e. The van der Waals surface area contributed by atoms with Crippen LogP contribution in [0.2, 0.25) is 0 Å². The molecule has 0 aromatic carbocycles. The van der Waals surface area contributed by atoms with Gasteiger partial charge in [-0.2, -0.15) is 0 Å². The van der Waals surface area contributed by atoms with E-state index in [4.69, 9.17) is 0 Å². The van der Waals surface area contributed by atoms with Crippen molar-refractivity contribution in [2.24, 2.45) is 0 Å². The smallest absolute Gasteiger partial charge is 0.253 e. The fraction of sp³-hybridized carbons (Fsp3) is 0.467. The third-order valence-electron chi connectivity index (χ3n) is 3.31. The molecule has 0 aliphatic carbocycles. The molecule has 2 aromatic rings. The SMILES string of the molecule is CCCn1cnnc1[C@H](C)NC(=O)c1ccc(N(C)C)nc1. The first-order valence-electron chi connectivity index (χ1n) is 7.34. The molecule has 0 saturated carbocycles. The van der Waals surface area contributed by atoms with Gasteiger partial charge in [-0.1, -0.05) is 6.92 Å². The third-order valence-corrected chi connectivity index (χ3v) is 3.31. The van der Waals surface area contributed by atoms with E-state index < -0.39 is 0 Å². The van der Waals surface area contributed by atoms with E-state index in [2.05, 4.69) is 27.4 Å². The molecule has 22 heavy (non-hydrogen) atoms. The molecule has 1 N–H and O–H groups in total. The van der Waals surface area contributed by atoms with Gasteiger partial charge in [0.1, 0.15) is 12.1 Å². The number of pyridine rings is 1. The van der Waals surface area contributed by atoms with Gasteiger partial charge in [0.25, 0.3) is 5.91 Å². The van der Waals surface area contributed by atoms with E-state index in [1.165, 1.54) is 0 Å². The molecule has 0 fully saturated rings. The van der Waals surface area contributed by atoms with Crippen LogP contribution in [0.5, 0.6) is 0 Å². The number of carbonyl (C=O) groups is 1. The normalized spacial score (nSPS) is 12.0. The van der Waals surface area contributed by atoms with Crippen LogP contribution in [0.4, 0.5) is 5.82 Å². The van der Waals surface area contributed by atoms with Gasteiger partial charge in [-0.15, -0.1) is 10.2 Å². The van der Waals surface area contributed by atoms with Crippen LogP contribution < -0.4 is 10.2 Å². The molecule has 0 radical (unpaired) electrons. The molecule has 2 rings (SSSR count). The zero-order valence-corrected chi connectivity index (χ0v) is 13.4. The summed E-state index contributed by atoms with van der Waals surface area (Å²) in [6.45, 7) is 4.82. The van der Waals surface area contributed by atoms with Crippen molar-refractivity contribution in [3.05, 3.63) is 36.0 Å². The molecule has 0 aliphatic heterocycles. The van der Waals surface area contributed by atoms with E-state index in [9.17, 15) is 4.79 Å². The van der Waals surface area contributed by atoms with E-state index in [-0.39, 0.29) is 11.9 Å². The highest BCUT2D eigenvalue weighted by atomic mass is 16.1. The molecule has 2 aromatic heterocycles. The average molecular weight is 302 g/mol. The van der Waals surface area contributed by atoms with Crippen LogP contribution in [-0.2, 0) is 6.54 Å². The third kappa shape index (κ3) is 3.60. The highest BCUT2D eigenvalue weighted by molar-refractivity contribution is 5.94. The van der Waals surface area contributed by atoms with Gasteiger partial charge in [0.2, 0.25) is 0 Å². The van der Waals surface area contributed by atoms with Gasteiger partial charge < -0.3 is 14.8 Å². The highest BCUT2D eigenvalue weighted by Gasteiger charge is 2.16. The summed E-state index contributed by atoms with van der Waals surface area (Å²) in [5.74, 6) is 1.40. The molecule has 0 bridgehead atoms. The van der Waals surface area contributed by atoms with E-state index in [0.717, 1.165) is 24.6 Å². The fourth-order valence-electron chi connectivity index (χ4n) is 2.14. The first-order valence-corrected chi connectivity index (χ1v) is 7.34. The summed E-state index contributed by atoms with van der Waals surface area (Å²) in [5.41, 5.74) is 0.527. The number of aryl methyl sites for hydroxylation is 1. The summed E-state index contributed by atoms with van der Waals surface area (Å²) in [5, 5.41) is 10.9. The Morgan fingerprint density at radius 2 is 2.18 bits per heavy atom. The number of hydrogen-bond acceptors (Lipinski definition) is 5. The quantitative estimate of drug-likeness (QED) is 0.878. The van der Waals surface area contributed by atoms with Crippen molar-refractivity contribution in [2.75, 3.05) is 19.0 Å². The van der Waals surface area contributed by atoms with Crippen LogP contribution in [-0.4, -0.2) is 39.8 Å². The Labute approximate surface area is 130 Å². The molecule has 118 valence electrons. The van der Waals surface area contributed by atoms with Crippen LogP contribution in [0.1, 0.15) is 42.5 Å². The van der Waals surface area contributed by atoms with E-state index in [1.54, 1.807) is 18.6 Å². The molecule has 7 heteroatoms. The lowest BCUT2D eigenvalue weighted by molar-refractivity contribution is 0.0937. The first kappa shape index (κ1) is 15.9. The minimum atomic E-state index is -0.213. The number of hydrogen-bond donors (Lipinski definition) is 1. The maximum Gasteiger partial charge on any atom is 0.253 e. The Morgan fingerprint density at radius 3 is 2.77 bits per heavy atom. The maximum atomic E-state index is 12.3. The van der Waals surface area contributed by atoms with Crippen LogP contribution in [0.3, 0.4) is 0 Å². The van der Waals surface area contributed by atoms with Gasteiger partial charge >= 0.3 is 0 Å². The van der Waals surface area contributed by atoms with Crippen molar-refractivity contribution in [2.45, 2.75) is 32.9 Å². The highest BCUT2D eigenvalue weighted by Crippen LogP contribution is 2.12. The Morgan fingerprint density at radius 1 is 1.41 bits per heavy atom. The van der Waals surface area contributed by atoms with Gasteiger partial charge in [0.05, 0.1) is 11.6 Å². The Bertz CT molecular complexity index is 619. The second-order valence-electron chi connectivity index (χ2n) is 5.38. The summed E-state index contributed by atoms with van der Waals surface area (Å²) in [7, 11) is 3.81. The lowest BCUT2D eigenvalue weighted by Gasteiger charge is -2.15. The minimum absolute atomic E-state index is 0.170. The van der Waals surface area contributed by atoms with Gasteiger partial charge in [-0.05, 0) is 25.5 Å². The molecule has 1 amide bonds. The van der Waals surface area contributed by atoms with E-state index in [0.29, 0.717) is 5.56 Å². The number of nitrogens with one attached hydrogen (secondary N) is 1. The summed E-state index contributed by atoms with van der Waals surface area (Å²) < 4.78 is 1.96.